The van der Waals surface area contributed by atoms with Gasteiger partial charge >= 0.3 is 0 Å². The fourth-order valence-electron chi connectivity index (χ4n) is 2.10. The lowest BCUT2D eigenvalue weighted by Crippen LogP contribution is -2.32. The summed E-state index contributed by atoms with van der Waals surface area (Å²) in [5.41, 5.74) is 0. The summed E-state index contributed by atoms with van der Waals surface area (Å²) in [5, 5.41) is 3.53. The quantitative estimate of drug-likeness (QED) is 0.822. The van der Waals surface area contributed by atoms with Crippen molar-refractivity contribution in [3.63, 3.8) is 0 Å². The highest BCUT2D eigenvalue weighted by Gasteiger charge is 2.24. The molecule has 1 aromatic rings. The Kier molecular flexibility index (Phi) is 2.98. The molecule has 15 heavy (non-hydrogen) atoms. The third-order valence-electron chi connectivity index (χ3n) is 3.44. The molecule has 1 aliphatic carbocycles. The van der Waals surface area contributed by atoms with Gasteiger partial charge in [-0.15, -0.1) is 0 Å². The van der Waals surface area contributed by atoms with E-state index >= 15 is 0 Å². The average molecular weight is 207 g/mol. The third kappa shape index (κ3) is 2.16. The molecule has 0 bridgehead atoms. The van der Waals surface area contributed by atoms with Gasteiger partial charge < -0.3 is 9.88 Å². The second-order valence-electron chi connectivity index (χ2n) is 4.88. The second kappa shape index (κ2) is 4.25. The third-order valence-corrected chi connectivity index (χ3v) is 3.44. The molecule has 3 heteroatoms. The first kappa shape index (κ1) is 10.5. The Bertz CT molecular complexity index is 312. The maximum absolute atomic E-state index is 4.37. The highest BCUT2D eigenvalue weighted by atomic mass is 15.2. The second-order valence-corrected chi connectivity index (χ2v) is 4.88. The number of imidazole rings is 1. The molecule has 1 aromatic heterocycles. The fraction of sp³-hybridized carbons (Fsp3) is 0.750. The predicted molar refractivity (Wildman–Crippen MR) is 63.0 cm³/mol. The Hall–Kier alpha value is -0.990. The van der Waals surface area contributed by atoms with Gasteiger partial charge in [-0.1, -0.05) is 6.42 Å². The van der Waals surface area contributed by atoms with Crippen LogP contribution in [0, 0.1) is 5.92 Å². The first-order valence-electron chi connectivity index (χ1n) is 5.98. The van der Waals surface area contributed by atoms with Crippen LogP contribution in [0.1, 0.15) is 46.1 Å². The molecule has 0 saturated heterocycles. The zero-order valence-corrected chi connectivity index (χ0v) is 9.90. The summed E-state index contributed by atoms with van der Waals surface area (Å²) in [4.78, 5) is 4.37. The van der Waals surface area contributed by atoms with Crippen molar-refractivity contribution in [1.82, 2.24) is 9.55 Å². The van der Waals surface area contributed by atoms with Crippen molar-refractivity contribution < 1.29 is 0 Å². The molecule has 1 N–H and O–H groups in total. The minimum atomic E-state index is 0.476. The van der Waals surface area contributed by atoms with Crippen LogP contribution in [-0.4, -0.2) is 15.6 Å². The summed E-state index contributed by atoms with van der Waals surface area (Å²) in [6, 6.07) is 1.03. The molecule has 1 unspecified atom stereocenters. The Balaban J connectivity index is 1.99. The van der Waals surface area contributed by atoms with Crippen LogP contribution >= 0.6 is 0 Å². The minimum absolute atomic E-state index is 0.476. The SMILES string of the molecule is CC(Nc1nccn1C(C)C)C1CCC1. The van der Waals surface area contributed by atoms with E-state index in [-0.39, 0.29) is 0 Å². The van der Waals surface area contributed by atoms with Gasteiger partial charge in [0, 0.05) is 24.5 Å². The molecule has 1 fully saturated rings. The van der Waals surface area contributed by atoms with Crippen LogP contribution in [0.25, 0.3) is 0 Å². The van der Waals surface area contributed by atoms with Crippen molar-refractivity contribution in [1.29, 1.82) is 0 Å². The van der Waals surface area contributed by atoms with Crippen LogP contribution in [0.15, 0.2) is 12.4 Å². The van der Waals surface area contributed by atoms with E-state index in [4.69, 9.17) is 0 Å². The molecule has 2 rings (SSSR count). The topological polar surface area (TPSA) is 29.9 Å². The van der Waals surface area contributed by atoms with E-state index in [0.29, 0.717) is 12.1 Å². The van der Waals surface area contributed by atoms with Gasteiger partial charge in [-0.2, -0.15) is 0 Å². The van der Waals surface area contributed by atoms with Crippen LogP contribution in [0.5, 0.6) is 0 Å². The summed E-state index contributed by atoms with van der Waals surface area (Å²) >= 11 is 0. The van der Waals surface area contributed by atoms with E-state index in [0.717, 1.165) is 11.9 Å². The number of nitrogens with zero attached hydrogens (tertiary/aromatic N) is 2. The smallest absolute Gasteiger partial charge is 0.203 e. The van der Waals surface area contributed by atoms with E-state index in [1.807, 2.05) is 12.4 Å². The van der Waals surface area contributed by atoms with Gasteiger partial charge in [-0.3, -0.25) is 0 Å². The van der Waals surface area contributed by atoms with Crippen LogP contribution in [-0.2, 0) is 0 Å². The highest BCUT2D eigenvalue weighted by molar-refractivity contribution is 5.28. The number of hydrogen-bond acceptors (Lipinski definition) is 2. The van der Waals surface area contributed by atoms with Crippen LogP contribution < -0.4 is 5.32 Å². The summed E-state index contributed by atoms with van der Waals surface area (Å²) in [5.74, 6) is 1.87. The zero-order chi connectivity index (χ0) is 10.8. The van der Waals surface area contributed by atoms with E-state index < -0.39 is 0 Å². The Morgan fingerprint density at radius 2 is 2.13 bits per heavy atom. The lowest BCUT2D eigenvalue weighted by atomic mass is 9.80. The van der Waals surface area contributed by atoms with Crippen molar-refractivity contribution >= 4 is 5.95 Å². The average Bonchev–Trinajstić information content (AvgIpc) is 2.48. The minimum Gasteiger partial charge on any atom is -0.353 e. The van der Waals surface area contributed by atoms with Gasteiger partial charge in [0.2, 0.25) is 5.95 Å². The first-order valence-corrected chi connectivity index (χ1v) is 5.98. The van der Waals surface area contributed by atoms with Gasteiger partial charge in [0.05, 0.1) is 0 Å². The zero-order valence-electron chi connectivity index (χ0n) is 9.90. The van der Waals surface area contributed by atoms with Crippen LogP contribution in [0.3, 0.4) is 0 Å². The predicted octanol–water partition coefficient (Wildman–Crippen LogP) is 3.06. The monoisotopic (exact) mass is 207 g/mol. The molecule has 3 nitrogen and oxygen atoms in total. The van der Waals surface area contributed by atoms with Gasteiger partial charge in [0.1, 0.15) is 0 Å². The van der Waals surface area contributed by atoms with Crippen molar-refractivity contribution in [2.45, 2.75) is 52.1 Å². The van der Waals surface area contributed by atoms with E-state index in [1.54, 1.807) is 0 Å². The molecule has 0 aromatic carbocycles. The number of hydrogen-bond donors (Lipinski definition) is 1. The van der Waals surface area contributed by atoms with Crippen molar-refractivity contribution in [2.75, 3.05) is 5.32 Å². The van der Waals surface area contributed by atoms with Crippen LogP contribution in [0.4, 0.5) is 5.95 Å². The Morgan fingerprint density at radius 1 is 1.40 bits per heavy atom. The molecular weight excluding hydrogens is 186 g/mol. The molecule has 1 heterocycles. The van der Waals surface area contributed by atoms with Crippen molar-refractivity contribution in [3.8, 4) is 0 Å². The maximum atomic E-state index is 4.37. The Labute approximate surface area is 91.9 Å². The van der Waals surface area contributed by atoms with E-state index in [9.17, 15) is 0 Å². The first-order chi connectivity index (χ1) is 7.18. The van der Waals surface area contributed by atoms with Gasteiger partial charge in [0.25, 0.3) is 0 Å². The lowest BCUT2D eigenvalue weighted by molar-refractivity contribution is 0.284. The largest absolute Gasteiger partial charge is 0.353 e. The Morgan fingerprint density at radius 3 is 2.67 bits per heavy atom. The maximum Gasteiger partial charge on any atom is 0.203 e. The van der Waals surface area contributed by atoms with Gasteiger partial charge in [-0.25, -0.2) is 4.98 Å². The molecule has 0 amide bonds. The normalized spacial score (nSPS) is 18.9. The number of rotatable bonds is 4. The van der Waals surface area contributed by atoms with Gasteiger partial charge in [0.15, 0.2) is 0 Å². The van der Waals surface area contributed by atoms with E-state index in [1.165, 1.54) is 19.3 Å². The van der Waals surface area contributed by atoms with Crippen molar-refractivity contribution in [3.05, 3.63) is 12.4 Å². The molecule has 1 saturated carbocycles. The standard InChI is InChI=1S/C12H21N3/c1-9(2)15-8-7-13-12(15)14-10(3)11-5-4-6-11/h7-11H,4-6H2,1-3H3,(H,13,14). The molecular formula is C12H21N3. The summed E-state index contributed by atoms with van der Waals surface area (Å²) in [7, 11) is 0. The molecule has 1 atom stereocenters. The molecule has 0 radical (unpaired) electrons. The van der Waals surface area contributed by atoms with E-state index in [2.05, 4.69) is 35.6 Å². The van der Waals surface area contributed by atoms with Crippen molar-refractivity contribution in [2.24, 2.45) is 5.92 Å². The highest BCUT2D eigenvalue weighted by Crippen LogP contribution is 2.31. The summed E-state index contributed by atoms with van der Waals surface area (Å²) in [6.07, 6.45) is 8.05. The molecule has 1 aliphatic rings. The fourth-order valence-corrected chi connectivity index (χ4v) is 2.10. The van der Waals surface area contributed by atoms with Crippen LogP contribution in [0.2, 0.25) is 0 Å². The molecule has 0 spiro atoms. The lowest BCUT2D eigenvalue weighted by Gasteiger charge is -2.32. The van der Waals surface area contributed by atoms with Gasteiger partial charge in [-0.05, 0) is 39.5 Å². The molecule has 84 valence electrons. The number of anilines is 1. The number of aromatic nitrogens is 2. The molecule has 0 aliphatic heterocycles. The summed E-state index contributed by atoms with van der Waals surface area (Å²) < 4.78 is 2.19. The summed E-state index contributed by atoms with van der Waals surface area (Å²) in [6.45, 7) is 6.63. The number of nitrogens with one attached hydrogen (secondary N) is 1.